The molecule has 1 unspecified atom stereocenters. The van der Waals surface area contributed by atoms with Crippen molar-refractivity contribution < 1.29 is 4.74 Å². The maximum atomic E-state index is 5.87. The summed E-state index contributed by atoms with van der Waals surface area (Å²) < 4.78 is 5.30. The van der Waals surface area contributed by atoms with Crippen molar-refractivity contribution in [3.63, 3.8) is 0 Å². The molecule has 0 fully saturated rings. The summed E-state index contributed by atoms with van der Waals surface area (Å²) in [7, 11) is 0. The maximum Gasteiger partial charge on any atom is 0.113 e. The van der Waals surface area contributed by atoms with Crippen LogP contribution in [0.25, 0.3) is 0 Å². The monoisotopic (exact) mass is 161 g/mol. The van der Waals surface area contributed by atoms with Gasteiger partial charge in [-0.05, 0) is 11.1 Å². The van der Waals surface area contributed by atoms with Crippen molar-refractivity contribution in [1.29, 1.82) is 0 Å². The van der Waals surface area contributed by atoms with Crippen LogP contribution in [0.5, 0.6) is 0 Å². The van der Waals surface area contributed by atoms with Gasteiger partial charge in [-0.25, -0.2) is 0 Å². The highest BCUT2D eigenvalue weighted by atomic mass is 16.5. The molecule has 0 saturated carbocycles. The van der Waals surface area contributed by atoms with Crippen LogP contribution in [-0.2, 0) is 11.3 Å². The van der Waals surface area contributed by atoms with Gasteiger partial charge in [-0.1, -0.05) is 30.8 Å². The third-order valence-corrected chi connectivity index (χ3v) is 2.15. The Bertz CT molecular complexity index is 319. The van der Waals surface area contributed by atoms with E-state index in [2.05, 4.69) is 6.58 Å². The Kier molecular flexibility index (Phi) is 1.62. The van der Waals surface area contributed by atoms with Gasteiger partial charge in [-0.2, -0.15) is 0 Å². The van der Waals surface area contributed by atoms with Crippen LogP contribution in [0.2, 0.25) is 0 Å². The van der Waals surface area contributed by atoms with Gasteiger partial charge in [0.1, 0.15) is 12.4 Å². The summed E-state index contributed by atoms with van der Waals surface area (Å²) >= 11 is 0. The minimum Gasteiger partial charge on any atom is -0.492 e. The summed E-state index contributed by atoms with van der Waals surface area (Å²) in [6, 6.07) is 7.87. The normalized spacial score (nSPS) is 21.4. The second-order valence-corrected chi connectivity index (χ2v) is 2.93. The average molecular weight is 161 g/mol. The molecule has 12 heavy (non-hydrogen) atoms. The van der Waals surface area contributed by atoms with Crippen molar-refractivity contribution in [2.75, 3.05) is 0 Å². The van der Waals surface area contributed by atoms with Crippen molar-refractivity contribution in [3.8, 4) is 0 Å². The molecule has 0 aliphatic carbocycles. The Balaban J connectivity index is 2.48. The minimum atomic E-state index is -0.157. The van der Waals surface area contributed by atoms with Crippen LogP contribution < -0.4 is 5.73 Å². The van der Waals surface area contributed by atoms with Crippen molar-refractivity contribution in [1.82, 2.24) is 0 Å². The standard InChI is InChI=1S/C10H11NO/c1-7-10(11)9-5-3-2-4-8(9)6-12-7/h2-5,10H,1,6,11H2. The first kappa shape index (κ1) is 7.37. The Labute approximate surface area is 71.6 Å². The fourth-order valence-corrected chi connectivity index (χ4v) is 1.40. The summed E-state index contributed by atoms with van der Waals surface area (Å²) in [6.45, 7) is 4.35. The van der Waals surface area contributed by atoms with Crippen LogP contribution in [-0.4, -0.2) is 0 Å². The van der Waals surface area contributed by atoms with E-state index in [4.69, 9.17) is 10.5 Å². The third kappa shape index (κ3) is 1.01. The van der Waals surface area contributed by atoms with Gasteiger partial charge < -0.3 is 10.5 Å². The molecule has 0 radical (unpaired) electrons. The molecule has 1 heterocycles. The lowest BCUT2D eigenvalue weighted by molar-refractivity contribution is 0.167. The number of rotatable bonds is 0. The summed E-state index contributed by atoms with van der Waals surface area (Å²) in [4.78, 5) is 0. The van der Waals surface area contributed by atoms with E-state index in [0.29, 0.717) is 12.4 Å². The zero-order valence-electron chi connectivity index (χ0n) is 6.79. The first-order chi connectivity index (χ1) is 5.79. The van der Waals surface area contributed by atoms with Gasteiger partial charge in [0, 0.05) is 0 Å². The first-order valence-corrected chi connectivity index (χ1v) is 3.94. The smallest absolute Gasteiger partial charge is 0.113 e. The summed E-state index contributed by atoms with van der Waals surface area (Å²) in [5.74, 6) is 0.661. The fourth-order valence-electron chi connectivity index (χ4n) is 1.40. The predicted molar refractivity (Wildman–Crippen MR) is 47.3 cm³/mol. The van der Waals surface area contributed by atoms with Crippen molar-refractivity contribution in [2.24, 2.45) is 5.73 Å². The molecule has 2 nitrogen and oxygen atoms in total. The first-order valence-electron chi connectivity index (χ1n) is 3.94. The second kappa shape index (κ2) is 2.64. The van der Waals surface area contributed by atoms with Crippen molar-refractivity contribution >= 4 is 0 Å². The van der Waals surface area contributed by atoms with E-state index in [1.54, 1.807) is 0 Å². The molecule has 0 saturated heterocycles. The lowest BCUT2D eigenvalue weighted by Gasteiger charge is -2.24. The van der Waals surface area contributed by atoms with Gasteiger partial charge in [0.25, 0.3) is 0 Å². The second-order valence-electron chi connectivity index (χ2n) is 2.93. The number of benzene rings is 1. The summed E-state index contributed by atoms with van der Waals surface area (Å²) in [5, 5.41) is 0. The molecule has 0 aromatic heterocycles. The van der Waals surface area contributed by atoms with E-state index in [1.165, 1.54) is 0 Å². The van der Waals surface area contributed by atoms with Crippen molar-refractivity contribution in [2.45, 2.75) is 12.6 Å². The van der Waals surface area contributed by atoms with Crippen LogP contribution in [0.3, 0.4) is 0 Å². The van der Waals surface area contributed by atoms with E-state index in [9.17, 15) is 0 Å². The molecular formula is C10H11NO. The molecule has 62 valence electrons. The Hall–Kier alpha value is -1.28. The Morgan fingerprint density at radius 2 is 2.17 bits per heavy atom. The molecule has 1 atom stereocenters. The zero-order valence-corrected chi connectivity index (χ0v) is 6.79. The highest BCUT2D eigenvalue weighted by Gasteiger charge is 2.19. The summed E-state index contributed by atoms with van der Waals surface area (Å²) in [5.41, 5.74) is 8.16. The number of hydrogen-bond acceptors (Lipinski definition) is 2. The number of ether oxygens (including phenoxy) is 1. The van der Waals surface area contributed by atoms with E-state index >= 15 is 0 Å². The maximum absolute atomic E-state index is 5.87. The molecule has 2 N–H and O–H groups in total. The van der Waals surface area contributed by atoms with E-state index in [-0.39, 0.29) is 6.04 Å². The van der Waals surface area contributed by atoms with Crippen LogP contribution in [0.15, 0.2) is 36.6 Å². The average Bonchev–Trinajstić information content (AvgIpc) is 2.12. The molecule has 1 aliphatic heterocycles. The fraction of sp³-hybridized carbons (Fsp3) is 0.200. The van der Waals surface area contributed by atoms with Crippen LogP contribution in [0.1, 0.15) is 17.2 Å². The van der Waals surface area contributed by atoms with Gasteiger partial charge in [-0.3, -0.25) is 0 Å². The highest BCUT2D eigenvalue weighted by Crippen LogP contribution is 2.28. The van der Waals surface area contributed by atoms with Crippen LogP contribution in [0, 0.1) is 0 Å². The Morgan fingerprint density at radius 3 is 3.00 bits per heavy atom. The SMILES string of the molecule is C=C1OCc2ccccc2C1N. The molecule has 2 heteroatoms. The molecule has 2 rings (SSSR count). The van der Waals surface area contributed by atoms with E-state index in [1.807, 2.05) is 24.3 Å². The van der Waals surface area contributed by atoms with Crippen LogP contribution >= 0.6 is 0 Å². The molecule has 0 bridgehead atoms. The summed E-state index contributed by atoms with van der Waals surface area (Å²) in [6.07, 6.45) is 0. The highest BCUT2D eigenvalue weighted by molar-refractivity contribution is 5.35. The van der Waals surface area contributed by atoms with E-state index in [0.717, 1.165) is 11.1 Å². The van der Waals surface area contributed by atoms with Crippen LogP contribution in [0.4, 0.5) is 0 Å². The van der Waals surface area contributed by atoms with Gasteiger partial charge in [0.15, 0.2) is 0 Å². The quantitative estimate of drug-likeness (QED) is 0.629. The lowest BCUT2D eigenvalue weighted by atomic mass is 9.98. The molecule has 1 aromatic rings. The zero-order chi connectivity index (χ0) is 8.55. The molecule has 1 aromatic carbocycles. The third-order valence-electron chi connectivity index (χ3n) is 2.15. The number of nitrogens with two attached hydrogens (primary N) is 1. The molecule has 0 amide bonds. The number of hydrogen-bond donors (Lipinski definition) is 1. The van der Waals surface area contributed by atoms with Gasteiger partial charge in [-0.15, -0.1) is 0 Å². The molecule has 0 spiro atoms. The number of fused-ring (bicyclic) bond motifs is 1. The predicted octanol–water partition coefficient (Wildman–Crippen LogP) is 1.73. The Morgan fingerprint density at radius 1 is 1.42 bits per heavy atom. The van der Waals surface area contributed by atoms with Crippen molar-refractivity contribution in [3.05, 3.63) is 47.7 Å². The van der Waals surface area contributed by atoms with Gasteiger partial charge in [0.2, 0.25) is 0 Å². The minimum absolute atomic E-state index is 0.157. The largest absolute Gasteiger partial charge is 0.492 e. The van der Waals surface area contributed by atoms with Gasteiger partial charge in [0.05, 0.1) is 6.04 Å². The topological polar surface area (TPSA) is 35.2 Å². The molecular weight excluding hydrogens is 150 g/mol. The van der Waals surface area contributed by atoms with Gasteiger partial charge >= 0.3 is 0 Å². The van der Waals surface area contributed by atoms with E-state index < -0.39 is 0 Å². The lowest BCUT2D eigenvalue weighted by Crippen LogP contribution is -2.20. The molecule has 1 aliphatic rings.